The van der Waals surface area contributed by atoms with Crippen LogP contribution in [0.5, 0.6) is 5.75 Å². The van der Waals surface area contributed by atoms with Gasteiger partial charge in [0.1, 0.15) is 11.4 Å². The number of ketones is 1. The van der Waals surface area contributed by atoms with Gasteiger partial charge in [0.05, 0.1) is 7.11 Å². The molecule has 3 rings (SSSR count). The molecule has 3 aromatic carbocycles. The zero-order valence-corrected chi connectivity index (χ0v) is 15.0. The van der Waals surface area contributed by atoms with E-state index in [0.29, 0.717) is 11.3 Å². The zero-order valence-electron chi connectivity index (χ0n) is 15.0. The Kier molecular flexibility index (Phi) is 5.59. The number of aryl methyl sites for hydroxylation is 1. The molecular weight excluding hydrogens is 322 g/mol. The molecule has 0 aliphatic heterocycles. The van der Waals surface area contributed by atoms with Crippen LogP contribution in [0.25, 0.3) is 11.1 Å². The van der Waals surface area contributed by atoms with E-state index in [9.17, 15) is 4.79 Å². The fourth-order valence-corrected chi connectivity index (χ4v) is 2.72. The minimum atomic E-state index is 0.0416. The molecule has 0 fully saturated rings. The number of aliphatic imine (C=N–C) groups is 1. The number of Topliss-reactive ketones (excluding diaryl/α,β-unsaturated/α-hetero) is 1. The van der Waals surface area contributed by atoms with E-state index in [1.54, 1.807) is 13.3 Å². The number of rotatable bonds is 6. The van der Waals surface area contributed by atoms with E-state index in [-0.39, 0.29) is 12.2 Å². The average Bonchev–Trinajstić information content (AvgIpc) is 2.69. The standard InChI is InChI=1S/C23H21NO2/c1-17-8-13-23(26-2)21(16-17)24-15-14-22(25)20-11-9-19(10-12-20)18-6-4-3-5-7-18/h3-13,15-16H,14H2,1-2H3. The second-order valence-electron chi connectivity index (χ2n) is 6.06. The maximum absolute atomic E-state index is 12.4. The van der Waals surface area contributed by atoms with E-state index in [1.165, 1.54) is 0 Å². The Morgan fingerprint density at radius 3 is 2.35 bits per heavy atom. The molecular formula is C23H21NO2. The van der Waals surface area contributed by atoms with Gasteiger partial charge in [-0.15, -0.1) is 0 Å². The van der Waals surface area contributed by atoms with Crippen LogP contribution in [0.1, 0.15) is 22.3 Å². The summed E-state index contributed by atoms with van der Waals surface area (Å²) in [6, 6.07) is 23.6. The first-order chi connectivity index (χ1) is 12.7. The molecule has 130 valence electrons. The molecule has 0 amide bonds. The molecule has 0 radical (unpaired) electrons. The molecule has 0 N–H and O–H groups in total. The quantitative estimate of drug-likeness (QED) is 0.429. The number of carbonyl (C=O) groups excluding carboxylic acids is 1. The summed E-state index contributed by atoms with van der Waals surface area (Å²) in [6.07, 6.45) is 1.90. The zero-order chi connectivity index (χ0) is 18.4. The van der Waals surface area contributed by atoms with Crippen LogP contribution in [0, 0.1) is 6.92 Å². The third-order valence-electron chi connectivity index (χ3n) is 4.16. The monoisotopic (exact) mass is 343 g/mol. The fraction of sp³-hybridized carbons (Fsp3) is 0.130. The van der Waals surface area contributed by atoms with E-state index in [0.717, 1.165) is 22.4 Å². The summed E-state index contributed by atoms with van der Waals surface area (Å²) in [5.74, 6) is 0.742. The predicted molar refractivity (Wildman–Crippen MR) is 107 cm³/mol. The number of hydrogen-bond acceptors (Lipinski definition) is 3. The molecule has 0 unspecified atom stereocenters. The van der Waals surface area contributed by atoms with E-state index in [2.05, 4.69) is 17.1 Å². The smallest absolute Gasteiger partial charge is 0.168 e. The first-order valence-corrected chi connectivity index (χ1v) is 8.53. The van der Waals surface area contributed by atoms with Crippen LogP contribution in [-0.2, 0) is 0 Å². The van der Waals surface area contributed by atoms with E-state index in [1.807, 2.05) is 67.6 Å². The highest BCUT2D eigenvalue weighted by atomic mass is 16.5. The average molecular weight is 343 g/mol. The van der Waals surface area contributed by atoms with Gasteiger partial charge in [-0.3, -0.25) is 9.79 Å². The highest BCUT2D eigenvalue weighted by Crippen LogP contribution is 2.28. The summed E-state index contributed by atoms with van der Waals surface area (Å²) in [7, 11) is 1.61. The number of hydrogen-bond donors (Lipinski definition) is 0. The molecule has 3 aromatic rings. The lowest BCUT2D eigenvalue weighted by Crippen LogP contribution is -1.99. The van der Waals surface area contributed by atoms with Crippen molar-refractivity contribution < 1.29 is 9.53 Å². The van der Waals surface area contributed by atoms with Crippen molar-refractivity contribution >= 4 is 17.7 Å². The first-order valence-electron chi connectivity index (χ1n) is 8.53. The van der Waals surface area contributed by atoms with Gasteiger partial charge in [0.2, 0.25) is 0 Å². The SMILES string of the molecule is COc1ccc(C)cc1N=CCC(=O)c1ccc(-c2ccccc2)cc1. The van der Waals surface area contributed by atoms with Crippen molar-refractivity contribution in [3.63, 3.8) is 0 Å². The van der Waals surface area contributed by atoms with Crippen molar-refractivity contribution in [1.29, 1.82) is 0 Å². The summed E-state index contributed by atoms with van der Waals surface area (Å²) in [5, 5.41) is 0. The maximum atomic E-state index is 12.4. The second-order valence-corrected chi connectivity index (χ2v) is 6.06. The topological polar surface area (TPSA) is 38.7 Å². The van der Waals surface area contributed by atoms with Crippen molar-refractivity contribution in [1.82, 2.24) is 0 Å². The first kappa shape index (κ1) is 17.6. The van der Waals surface area contributed by atoms with Crippen molar-refractivity contribution in [3.8, 4) is 16.9 Å². The number of ether oxygens (including phenoxy) is 1. The van der Waals surface area contributed by atoms with Gasteiger partial charge >= 0.3 is 0 Å². The molecule has 0 aromatic heterocycles. The maximum Gasteiger partial charge on any atom is 0.168 e. The normalized spacial score (nSPS) is 10.8. The van der Waals surface area contributed by atoms with Crippen molar-refractivity contribution in [3.05, 3.63) is 83.9 Å². The predicted octanol–water partition coefficient (Wildman–Crippen LogP) is 5.65. The lowest BCUT2D eigenvalue weighted by molar-refractivity contribution is 0.100. The van der Waals surface area contributed by atoms with E-state index >= 15 is 0 Å². The van der Waals surface area contributed by atoms with Gasteiger partial charge in [-0.1, -0.05) is 60.7 Å². The Morgan fingerprint density at radius 2 is 1.65 bits per heavy atom. The van der Waals surface area contributed by atoms with Crippen LogP contribution in [0.15, 0.2) is 77.8 Å². The summed E-state index contributed by atoms with van der Waals surface area (Å²) < 4.78 is 5.30. The van der Waals surface area contributed by atoms with E-state index < -0.39 is 0 Å². The lowest BCUT2D eigenvalue weighted by atomic mass is 10.0. The Morgan fingerprint density at radius 1 is 0.962 bits per heavy atom. The molecule has 0 atom stereocenters. The summed E-state index contributed by atoms with van der Waals surface area (Å²) in [6.45, 7) is 2.00. The second kappa shape index (κ2) is 8.26. The Balaban J connectivity index is 1.68. The summed E-state index contributed by atoms with van der Waals surface area (Å²) >= 11 is 0. The van der Waals surface area contributed by atoms with Crippen LogP contribution >= 0.6 is 0 Å². The largest absolute Gasteiger partial charge is 0.494 e. The number of benzene rings is 3. The molecule has 3 heteroatoms. The van der Waals surface area contributed by atoms with Gasteiger partial charge in [0.15, 0.2) is 5.78 Å². The minimum absolute atomic E-state index is 0.0416. The van der Waals surface area contributed by atoms with Crippen molar-refractivity contribution in [2.45, 2.75) is 13.3 Å². The molecule has 0 saturated carbocycles. The third-order valence-corrected chi connectivity index (χ3v) is 4.16. The number of carbonyl (C=O) groups is 1. The van der Waals surface area contributed by atoms with Crippen molar-refractivity contribution in [2.75, 3.05) is 7.11 Å². The highest BCUT2D eigenvalue weighted by Gasteiger charge is 2.06. The Labute approximate surface area is 154 Å². The van der Waals surface area contributed by atoms with Crippen LogP contribution in [-0.4, -0.2) is 19.1 Å². The van der Waals surface area contributed by atoms with Crippen LogP contribution in [0.4, 0.5) is 5.69 Å². The summed E-state index contributed by atoms with van der Waals surface area (Å²) in [5.41, 5.74) is 4.76. The van der Waals surface area contributed by atoms with Gasteiger partial charge in [-0.05, 0) is 35.7 Å². The van der Waals surface area contributed by atoms with Crippen LogP contribution < -0.4 is 4.74 Å². The Hall–Kier alpha value is -3.20. The number of nitrogens with zero attached hydrogens (tertiary/aromatic N) is 1. The molecule has 0 bridgehead atoms. The van der Waals surface area contributed by atoms with Crippen molar-refractivity contribution in [2.24, 2.45) is 4.99 Å². The number of methoxy groups -OCH3 is 1. The highest BCUT2D eigenvalue weighted by molar-refractivity contribution is 6.04. The minimum Gasteiger partial charge on any atom is -0.494 e. The van der Waals surface area contributed by atoms with Gasteiger partial charge in [0, 0.05) is 18.2 Å². The van der Waals surface area contributed by atoms with Gasteiger partial charge in [0.25, 0.3) is 0 Å². The third kappa shape index (κ3) is 4.25. The van der Waals surface area contributed by atoms with Gasteiger partial charge in [-0.2, -0.15) is 0 Å². The Bertz CT molecular complexity index is 913. The fourth-order valence-electron chi connectivity index (χ4n) is 2.72. The summed E-state index contributed by atoms with van der Waals surface area (Å²) in [4.78, 5) is 16.8. The van der Waals surface area contributed by atoms with Crippen LogP contribution in [0.3, 0.4) is 0 Å². The molecule has 0 saturated heterocycles. The molecule has 0 aliphatic carbocycles. The van der Waals surface area contributed by atoms with Crippen LogP contribution in [0.2, 0.25) is 0 Å². The molecule has 0 aliphatic rings. The molecule has 0 heterocycles. The molecule has 3 nitrogen and oxygen atoms in total. The van der Waals surface area contributed by atoms with E-state index in [4.69, 9.17) is 4.74 Å². The van der Waals surface area contributed by atoms with Gasteiger partial charge in [-0.25, -0.2) is 0 Å². The molecule has 0 spiro atoms. The lowest BCUT2D eigenvalue weighted by Gasteiger charge is -2.05. The van der Waals surface area contributed by atoms with Gasteiger partial charge < -0.3 is 4.74 Å². The molecule has 26 heavy (non-hydrogen) atoms.